The van der Waals surface area contributed by atoms with Gasteiger partial charge >= 0.3 is 0 Å². The van der Waals surface area contributed by atoms with Crippen molar-refractivity contribution >= 4 is 27.5 Å². The van der Waals surface area contributed by atoms with Crippen LogP contribution in [-0.2, 0) is 11.3 Å². The van der Waals surface area contributed by atoms with E-state index in [1.165, 1.54) is 0 Å². The molecule has 2 N–H and O–H groups in total. The monoisotopic (exact) mass is 331 g/mol. The van der Waals surface area contributed by atoms with Crippen molar-refractivity contribution < 1.29 is 9.69 Å². The highest BCUT2D eigenvalue weighted by Gasteiger charge is 2.30. The molecule has 0 aliphatic heterocycles. The molecule has 2 aromatic rings. The van der Waals surface area contributed by atoms with Gasteiger partial charge in [0, 0.05) is 0 Å². The first-order valence-electron chi connectivity index (χ1n) is 7.72. The number of benzene rings is 1. The van der Waals surface area contributed by atoms with E-state index in [1.54, 1.807) is 18.3 Å². The number of nitrogens with zero attached hydrogens (tertiary/aromatic N) is 2. The number of rotatable bonds is 6. The normalized spacial score (nSPS) is 15.1. The molecule has 0 spiro atoms. The van der Waals surface area contributed by atoms with Crippen molar-refractivity contribution in [3.8, 4) is 6.07 Å². The first-order valence-corrected chi connectivity index (χ1v) is 8.53. The van der Waals surface area contributed by atoms with E-state index < -0.39 is 5.54 Å². The lowest BCUT2D eigenvalue weighted by Gasteiger charge is -2.27. The van der Waals surface area contributed by atoms with Crippen molar-refractivity contribution in [1.29, 1.82) is 5.26 Å². The van der Waals surface area contributed by atoms with E-state index >= 15 is 0 Å². The van der Waals surface area contributed by atoms with Gasteiger partial charge in [0.2, 0.25) is 0 Å². The number of hydrogen-bond acceptors (Lipinski definition) is 4. The van der Waals surface area contributed by atoms with Crippen molar-refractivity contribution in [2.24, 2.45) is 5.92 Å². The van der Waals surface area contributed by atoms with Gasteiger partial charge in [-0.3, -0.25) is 4.79 Å². The molecule has 1 aromatic heterocycles. The van der Waals surface area contributed by atoms with Crippen molar-refractivity contribution in [2.75, 3.05) is 13.6 Å². The fourth-order valence-electron chi connectivity index (χ4n) is 2.23. The summed E-state index contributed by atoms with van der Waals surface area (Å²) in [6.07, 6.45) is 0. The molecule has 6 heteroatoms. The van der Waals surface area contributed by atoms with Crippen LogP contribution >= 0.6 is 11.3 Å². The Morgan fingerprint density at radius 3 is 2.78 bits per heavy atom. The molecule has 0 aliphatic rings. The number of hydrogen-bond donors (Lipinski definition) is 2. The first kappa shape index (κ1) is 17.4. The van der Waals surface area contributed by atoms with Crippen LogP contribution < -0.4 is 10.2 Å². The molecular formula is C17H23N4OS+. The van der Waals surface area contributed by atoms with Gasteiger partial charge in [-0.2, -0.15) is 5.26 Å². The number of thiazole rings is 1. The Labute approximate surface area is 140 Å². The van der Waals surface area contributed by atoms with Crippen LogP contribution in [0, 0.1) is 17.2 Å². The summed E-state index contributed by atoms with van der Waals surface area (Å²) < 4.78 is 1.16. The molecule has 5 nitrogen and oxygen atoms in total. The third-order valence-electron chi connectivity index (χ3n) is 4.04. The Kier molecular flexibility index (Phi) is 5.34. The molecule has 1 heterocycles. The predicted molar refractivity (Wildman–Crippen MR) is 92.1 cm³/mol. The number of nitriles is 1. The van der Waals surface area contributed by atoms with Crippen LogP contribution in [0.4, 0.5) is 0 Å². The maximum atomic E-state index is 12.2. The Bertz CT molecular complexity index is 701. The molecule has 122 valence electrons. The lowest BCUT2D eigenvalue weighted by atomic mass is 9.90. The average Bonchev–Trinajstić information content (AvgIpc) is 2.88. The van der Waals surface area contributed by atoms with E-state index in [2.05, 4.69) is 22.4 Å². The lowest BCUT2D eigenvalue weighted by molar-refractivity contribution is -0.885. The number of fused-ring (bicyclic) bond motifs is 1. The number of para-hydroxylation sites is 1. The Morgan fingerprint density at radius 2 is 2.17 bits per heavy atom. The predicted octanol–water partition coefficient (Wildman–Crippen LogP) is 1.37. The van der Waals surface area contributed by atoms with E-state index in [-0.39, 0.29) is 11.8 Å². The van der Waals surface area contributed by atoms with Crippen LogP contribution in [0.3, 0.4) is 0 Å². The van der Waals surface area contributed by atoms with Crippen LogP contribution in [0.5, 0.6) is 0 Å². The second-order valence-electron chi connectivity index (χ2n) is 6.40. The maximum absolute atomic E-state index is 12.2. The van der Waals surface area contributed by atoms with E-state index in [4.69, 9.17) is 0 Å². The van der Waals surface area contributed by atoms with Crippen LogP contribution in [0.15, 0.2) is 24.3 Å². The topological polar surface area (TPSA) is 70.2 Å². The summed E-state index contributed by atoms with van der Waals surface area (Å²) in [5.41, 5.74) is 0.175. The molecule has 0 fully saturated rings. The summed E-state index contributed by atoms with van der Waals surface area (Å²) in [5.74, 6) is -0.0534. The number of carbonyl (C=O) groups is 1. The quantitative estimate of drug-likeness (QED) is 0.840. The standard InChI is InChI=1S/C17H22N4OS/c1-12(2)17(3,11-18)20-15(22)9-21(4)10-16-19-13-7-5-6-8-14(13)23-16/h5-8,12H,9-10H2,1-4H3,(H,20,22)/p+1/t17-/m1/s1. The average molecular weight is 331 g/mol. The number of likely N-dealkylation sites (N-methyl/N-ethyl adjacent to an activating group) is 1. The van der Waals surface area contributed by atoms with Gasteiger partial charge in [-0.1, -0.05) is 26.0 Å². The molecule has 1 amide bonds. The van der Waals surface area contributed by atoms with Crippen LogP contribution in [-0.4, -0.2) is 30.0 Å². The van der Waals surface area contributed by atoms with Gasteiger partial charge in [0.1, 0.15) is 17.1 Å². The van der Waals surface area contributed by atoms with Crippen LogP contribution in [0.1, 0.15) is 25.8 Å². The molecule has 2 atom stereocenters. The highest BCUT2D eigenvalue weighted by Crippen LogP contribution is 2.20. The zero-order valence-corrected chi connectivity index (χ0v) is 14.8. The Balaban J connectivity index is 1.95. The van der Waals surface area contributed by atoms with Crippen molar-refractivity contribution in [3.63, 3.8) is 0 Å². The van der Waals surface area contributed by atoms with Crippen LogP contribution in [0.2, 0.25) is 0 Å². The molecular weight excluding hydrogens is 308 g/mol. The zero-order valence-electron chi connectivity index (χ0n) is 14.0. The van der Waals surface area contributed by atoms with Gasteiger partial charge in [-0.05, 0) is 25.0 Å². The number of aromatic nitrogens is 1. The van der Waals surface area contributed by atoms with Crippen molar-refractivity contribution in [2.45, 2.75) is 32.9 Å². The minimum Gasteiger partial charge on any atom is -0.333 e. The lowest BCUT2D eigenvalue weighted by Crippen LogP contribution is -3.09. The number of carbonyl (C=O) groups excluding carboxylic acids is 1. The maximum Gasteiger partial charge on any atom is 0.276 e. The molecule has 0 saturated carbocycles. The molecule has 0 aliphatic carbocycles. The second-order valence-corrected chi connectivity index (χ2v) is 7.52. The fourth-order valence-corrected chi connectivity index (χ4v) is 3.31. The van der Waals surface area contributed by atoms with Gasteiger partial charge < -0.3 is 10.2 Å². The van der Waals surface area contributed by atoms with Gasteiger partial charge in [0.15, 0.2) is 6.54 Å². The highest BCUT2D eigenvalue weighted by molar-refractivity contribution is 7.18. The summed E-state index contributed by atoms with van der Waals surface area (Å²) in [6, 6.07) is 10.2. The molecule has 0 saturated heterocycles. The number of amides is 1. The molecule has 23 heavy (non-hydrogen) atoms. The summed E-state index contributed by atoms with van der Waals surface area (Å²) >= 11 is 1.66. The number of quaternary nitrogens is 1. The minimum atomic E-state index is -0.826. The number of nitrogens with one attached hydrogen (secondary N) is 2. The van der Waals surface area contributed by atoms with Crippen LogP contribution in [0.25, 0.3) is 10.2 Å². The SMILES string of the molecule is CC(C)[C@@](C)(C#N)NC(=O)C[NH+](C)Cc1nc2ccccc2s1. The largest absolute Gasteiger partial charge is 0.333 e. The van der Waals surface area contributed by atoms with Crippen molar-refractivity contribution in [1.82, 2.24) is 10.3 Å². The molecule has 1 unspecified atom stereocenters. The molecule has 1 aromatic carbocycles. The fraction of sp³-hybridized carbons (Fsp3) is 0.471. The molecule has 2 rings (SSSR count). The van der Waals surface area contributed by atoms with E-state index in [0.29, 0.717) is 13.1 Å². The van der Waals surface area contributed by atoms with Gasteiger partial charge in [-0.15, -0.1) is 11.3 Å². The van der Waals surface area contributed by atoms with Gasteiger partial charge in [-0.25, -0.2) is 4.98 Å². The Morgan fingerprint density at radius 1 is 1.48 bits per heavy atom. The highest BCUT2D eigenvalue weighted by atomic mass is 32.1. The third kappa shape index (κ3) is 4.27. The third-order valence-corrected chi connectivity index (χ3v) is 5.08. The summed E-state index contributed by atoms with van der Waals surface area (Å²) in [6.45, 7) is 6.64. The van der Waals surface area contributed by atoms with Crippen molar-refractivity contribution in [3.05, 3.63) is 29.3 Å². The van der Waals surface area contributed by atoms with Gasteiger partial charge in [0.25, 0.3) is 5.91 Å². The zero-order chi connectivity index (χ0) is 17.0. The van der Waals surface area contributed by atoms with Gasteiger partial charge in [0.05, 0.1) is 23.3 Å². The molecule has 0 radical (unpaired) electrons. The first-order chi connectivity index (χ1) is 10.8. The summed E-state index contributed by atoms with van der Waals surface area (Å²) in [7, 11) is 1.96. The Hall–Kier alpha value is -1.97. The van der Waals surface area contributed by atoms with E-state index in [9.17, 15) is 10.1 Å². The summed E-state index contributed by atoms with van der Waals surface area (Å²) in [4.78, 5) is 17.8. The minimum absolute atomic E-state index is 0.0565. The smallest absolute Gasteiger partial charge is 0.276 e. The molecule has 0 bridgehead atoms. The van der Waals surface area contributed by atoms with E-state index in [0.717, 1.165) is 20.1 Å². The second kappa shape index (κ2) is 7.07. The summed E-state index contributed by atoms with van der Waals surface area (Å²) in [5, 5.41) is 13.1. The van der Waals surface area contributed by atoms with E-state index in [1.807, 2.05) is 39.1 Å².